The number of rotatable bonds is 4. The molecule has 1 aromatic rings. The topological polar surface area (TPSA) is 51.2 Å². The second kappa shape index (κ2) is 4.53. The lowest BCUT2D eigenvalue weighted by Crippen LogP contribution is -2.12. The summed E-state index contributed by atoms with van der Waals surface area (Å²) in [6, 6.07) is 5.83. The summed E-state index contributed by atoms with van der Waals surface area (Å²) in [6.45, 7) is 0.332. The maximum absolute atomic E-state index is 12.0. The van der Waals surface area contributed by atoms with Crippen molar-refractivity contribution in [3.05, 3.63) is 29.8 Å². The fourth-order valence-electron chi connectivity index (χ4n) is 1.24. The minimum Gasteiger partial charge on any atom is -0.294 e. The molecule has 0 atom stereocenters. The van der Waals surface area contributed by atoms with Gasteiger partial charge in [-0.25, -0.2) is 12.8 Å². The average Bonchev–Trinajstić information content (AvgIpc) is 2.17. The number of hydrogen-bond acceptors (Lipinski definition) is 3. The van der Waals surface area contributed by atoms with Crippen molar-refractivity contribution in [2.24, 2.45) is 0 Å². The van der Waals surface area contributed by atoms with E-state index in [2.05, 4.69) is 0 Å². The average molecular weight is 230 g/mol. The maximum atomic E-state index is 12.0. The van der Waals surface area contributed by atoms with Gasteiger partial charge in [0.05, 0.1) is 10.6 Å². The van der Waals surface area contributed by atoms with Crippen LogP contribution < -0.4 is 0 Å². The molecule has 0 aliphatic heterocycles. The largest absolute Gasteiger partial charge is 0.294 e. The van der Waals surface area contributed by atoms with Gasteiger partial charge in [-0.3, -0.25) is 4.79 Å². The van der Waals surface area contributed by atoms with Gasteiger partial charge in [0.25, 0.3) is 0 Å². The lowest BCUT2D eigenvalue weighted by atomic mass is 10.1. The Morgan fingerprint density at radius 2 is 1.93 bits per heavy atom. The highest BCUT2D eigenvalue weighted by molar-refractivity contribution is 7.91. The van der Waals surface area contributed by atoms with Gasteiger partial charge in [-0.1, -0.05) is 18.2 Å². The number of halogens is 1. The van der Waals surface area contributed by atoms with Crippen molar-refractivity contribution in [3.8, 4) is 0 Å². The van der Waals surface area contributed by atoms with Gasteiger partial charge in [0.1, 0.15) is 6.67 Å². The summed E-state index contributed by atoms with van der Waals surface area (Å²) in [5.41, 5.74) is 0.117. The Morgan fingerprint density at radius 1 is 1.33 bits per heavy atom. The monoisotopic (exact) mass is 230 g/mol. The zero-order valence-corrected chi connectivity index (χ0v) is 9.05. The van der Waals surface area contributed by atoms with E-state index in [1.165, 1.54) is 25.1 Å². The SMILES string of the molecule is CC(=O)c1ccccc1S(=O)(=O)CCF. The van der Waals surface area contributed by atoms with Gasteiger partial charge in [-0.2, -0.15) is 0 Å². The zero-order valence-electron chi connectivity index (χ0n) is 8.23. The number of carbonyl (C=O) groups excluding carboxylic acids is 1. The lowest BCUT2D eigenvalue weighted by molar-refractivity contribution is 0.101. The number of hydrogen-bond donors (Lipinski definition) is 0. The highest BCUT2D eigenvalue weighted by Gasteiger charge is 2.19. The number of sulfone groups is 1. The van der Waals surface area contributed by atoms with Gasteiger partial charge >= 0.3 is 0 Å². The van der Waals surface area contributed by atoms with Crippen LogP contribution >= 0.6 is 0 Å². The van der Waals surface area contributed by atoms with E-state index in [1.54, 1.807) is 6.07 Å². The van der Waals surface area contributed by atoms with E-state index in [1.807, 2.05) is 0 Å². The van der Waals surface area contributed by atoms with Crippen LogP contribution in [0.3, 0.4) is 0 Å². The molecule has 1 rings (SSSR count). The van der Waals surface area contributed by atoms with Crippen molar-refractivity contribution in [1.29, 1.82) is 0 Å². The molecule has 1 aromatic carbocycles. The number of carbonyl (C=O) groups is 1. The second-order valence-corrected chi connectivity index (χ2v) is 5.14. The molecule has 0 fully saturated rings. The minimum absolute atomic E-state index is 0.0878. The first kappa shape index (κ1) is 11.8. The van der Waals surface area contributed by atoms with Crippen LogP contribution in [0.15, 0.2) is 29.2 Å². The molecule has 0 radical (unpaired) electrons. The predicted molar refractivity (Wildman–Crippen MR) is 54.5 cm³/mol. The van der Waals surface area contributed by atoms with E-state index in [0.29, 0.717) is 0 Å². The van der Waals surface area contributed by atoms with E-state index in [9.17, 15) is 17.6 Å². The highest BCUT2D eigenvalue weighted by atomic mass is 32.2. The summed E-state index contributed by atoms with van der Waals surface area (Å²) in [5.74, 6) is -0.926. The van der Waals surface area contributed by atoms with Crippen LogP contribution in [-0.2, 0) is 9.84 Å². The van der Waals surface area contributed by atoms with Crippen LogP contribution in [0.2, 0.25) is 0 Å². The third kappa shape index (κ3) is 2.62. The number of alkyl halides is 1. The van der Waals surface area contributed by atoms with E-state index >= 15 is 0 Å². The van der Waals surface area contributed by atoms with Gasteiger partial charge in [-0.05, 0) is 13.0 Å². The van der Waals surface area contributed by atoms with Crippen LogP contribution in [-0.4, -0.2) is 26.6 Å². The molecule has 0 bridgehead atoms. The van der Waals surface area contributed by atoms with Gasteiger partial charge in [0.2, 0.25) is 0 Å². The Hall–Kier alpha value is -1.23. The van der Waals surface area contributed by atoms with Crippen LogP contribution in [0.5, 0.6) is 0 Å². The molecule has 0 unspecified atom stereocenters. The molecular formula is C10H11FO3S. The van der Waals surface area contributed by atoms with Crippen LogP contribution in [0.25, 0.3) is 0 Å². The fraction of sp³-hybridized carbons (Fsp3) is 0.300. The molecule has 0 amide bonds. The smallest absolute Gasteiger partial charge is 0.181 e. The van der Waals surface area contributed by atoms with Crippen molar-refractivity contribution in [2.75, 3.05) is 12.4 Å². The summed E-state index contributed by atoms with van der Waals surface area (Å²) >= 11 is 0. The molecule has 0 aliphatic rings. The van der Waals surface area contributed by atoms with Gasteiger partial charge in [-0.15, -0.1) is 0 Å². The zero-order chi connectivity index (χ0) is 11.5. The molecule has 3 nitrogen and oxygen atoms in total. The van der Waals surface area contributed by atoms with Crippen molar-refractivity contribution in [1.82, 2.24) is 0 Å². The molecule has 0 aromatic heterocycles. The summed E-state index contributed by atoms with van der Waals surface area (Å²) in [6.07, 6.45) is 0. The summed E-state index contributed by atoms with van der Waals surface area (Å²) in [4.78, 5) is 11.1. The Morgan fingerprint density at radius 3 is 2.47 bits per heavy atom. The van der Waals surface area contributed by atoms with Crippen LogP contribution in [0.1, 0.15) is 17.3 Å². The van der Waals surface area contributed by atoms with Crippen molar-refractivity contribution in [3.63, 3.8) is 0 Å². The first-order valence-electron chi connectivity index (χ1n) is 4.37. The van der Waals surface area contributed by atoms with E-state index in [-0.39, 0.29) is 16.2 Å². The van der Waals surface area contributed by atoms with E-state index < -0.39 is 22.3 Å². The van der Waals surface area contributed by atoms with Crippen molar-refractivity contribution >= 4 is 15.6 Å². The predicted octanol–water partition coefficient (Wildman–Crippen LogP) is 1.63. The molecule has 0 N–H and O–H groups in total. The van der Waals surface area contributed by atoms with Gasteiger partial charge in [0, 0.05) is 5.56 Å². The Kier molecular flexibility index (Phi) is 3.57. The summed E-state index contributed by atoms with van der Waals surface area (Å²) in [5, 5.41) is 0. The van der Waals surface area contributed by atoms with E-state index in [0.717, 1.165) is 0 Å². The molecule has 5 heteroatoms. The number of ketones is 1. The lowest BCUT2D eigenvalue weighted by Gasteiger charge is -2.06. The normalized spacial score (nSPS) is 11.3. The molecule has 0 spiro atoms. The fourth-order valence-corrected chi connectivity index (χ4v) is 2.50. The summed E-state index contributed by atoms with van der Waals surface area (Å²) < 4.78 is 35.2. The third-order valence-electron chi connectivity index (χ3n) is 1.95. The molecule has 0 heterocycles. The Balaban J connectivity index is 3.31. The Bertz CT molecular complexity index is 465. The van der Waals surface area contributed by atoms with E-state index in [4.69, 9.17) is 0 Å². The molecule has 0 aliphatic carbocycles. The van der Waals surface area contributed by atoms with Crippen LogP contribution in [0, 0.1) is 0 Å². The van der Waals surface area contributed by atoms with Gasteiger partial charge < -0.3 is 0 Å². The van der Waals surface area contributed by atoms with Gasteiger partial charge in [0.15, 0.2) is 15.6 Å². The third-order valence-corrected chi connectivity index (χ3v) is 3.67. The standard InChI is InChI=1S/C10H11FO3S/c1-8(12)9-4-2-3-5-10(9)15(13,14)7-6-11/h2-5H,6-7H2,1H3. The molecule has 82 valence electrons. The number of benzene rings is 1. The molecule has 0 saturated heterocycles. The highest BCUT2D eigenvalue weighted by Crippen LogP contribution is 2.17. The van der Waals surface area contributed by atoms with Crippen molar-refractivity contribution in [2.45, 2.75) is 11.8 Å². The molecule has 15 heavy (non-hydrogen) atoms. The maximum Gasteiger partial charge on any atom is 0.181 e. The number of Topliss-reactive ketones (excluding diaryl/α,β-unsaturated/α-hetero) is 1. The summed E-state index contributed by atoms with van der Waals surface area (Å²) in [7, 11) is -3.68. The first-order valence-corrected chi connectivity index (χ1v) is 6.03. The van der Waals surface area contributed by atoms with Crippen molar-refractivity contribution < 1.29 is 17.6 Å². The van der Waals surface area contributed by atoms with Crippen LogP contribution in [0.4, 0.5) is 4.39 Å². The second-order valence-electron chi connectivity index (χ2n) is 3.06. The minimum atomic E-state index is -3.68. The molecular weight excluding hydrogens is 219 g/mol. The quantitative estimate of drug-likeness (QED) is 0.739. The first-order chi connectivity index (χ1) is 6.99. The molecule has 0 saturated carbocycles. The Labute approximate surface area is 87.8 Å².